The van der Waals surface area contributed by atoms with Crippen LogP contribution in [0.15, 0.2) is 53.4 Å². The number of carbonyl (C=O) groups is 2. The number of benzene rings is 2. The molecule has 0 unspecified atom stereocenters. The summed E-state index contributed by atoms with van der Waals surface area (Å²) in [6.07, 6.45) is -0.611. The van der Waals surface area contributed by atoms with Crippen molar-refractivity contribution in [2.24, 2.45) is 0 Å². The lowest BCUT2D eigenvalue weighted by molar-refractivity contribution is -0.145. The average molecular weight is 375 g/mol. The number of cyclic esters (lactones) is 1. The van der Waals surface area contributed by atoms with Gasteiger partial charge in [0.05, 0.1) is 17.1 Å². The summed E-state index contributed by atoms with van der Waals surface area (Å²) < 4.78 is 37.1. The van der Waals surface area contributed by atoms with Crippen LogP contribution in [0, 0.1) is 6.92 Å². The normalized spacial score (nSPS) is 16.8. The summed E-state index contributed by atoms with van der Waals surface area (Å²) in [4.78, 5) is 23.7. The summed E-state index contributed by atoms with van der Waals surface area (Å²) in [5.41, 5.74) is 1.29. The van der Waals surface area contributed by atoms with Gasteiger partial charge in [-0.1, -0.05) is 23.8 Å². The van der Waals surface area contributed by atoms with Gasteiger partial charge in [-0.25, -0.2) is 18.0 Å². The second-order valence-corrected chi connectivity index (χ2v) is 7.53. The summed E-state index contributed by atoms with van der Waals surface area (Å²) >= 11 is 0. The zero-order valence-corrected chi connectivity index (χ0v) is 14.8. The topological polar surface area (TPSA) is 98.8 Å². The fourth-order valence-electron chi connectivity index (χ4n) is 2.42. The number of hydrogen-bond acceptors (Lipinski definition) is 6. The van der Waals surface area contributed by atoms with Crippen molar-refractivity contribution in [3.8, 4) is 0 Å². The summed E-state index contributed by atoms with van der Waals surface area (Å²) in [7, 11) is -3.78. The van der Waals surface area contributed by atoms with Crippen LogP contribution in [0.3, 0.4) is 0 Å². The van der Waals surface area contributed by atoms with Gasteiger partial charge in [0.25, 0.3) is 10.0 Å². The van der Waals surface area contributed by atoms with Crippen molar-refractivity contribution in [3.63, 3.8) is 0 Å². The monoisotopic (exact) mass is 375 g/mol. The van der Waals surface area contributed by atoms with E-state index < -0.39 is 28.1 Å². The van der Waals surface area contributed by atoms with E-state index in [0.717, 1.165) is 5.56 Å². The second kappa shape index (κ2) is 7.17. The number of nitrogens with one attached hydrogen (secondary N) is 1. The van der Waals surface area contributed by atoms with Gasteiger partial charge in [0.2, 0.25) is 6.10 Å². The summed E-state index contributed by atoms with van der Waals surface area (Å²) in [6.45, 7) is 2.08. The first-order chi connectivity index (χ1) is 12.3. The van der Waals surface area contributed by atoms with Gasteiger partial charge >= 0.3 is 11.9 Å². The minimum Gasteiger partial charge on any atom is -0.463 e. The molecule has 1 atom stereocenters. The third kappa shape index (κ3) is 4.02. The van der Waals surface area contributed by atoms with Gasteiger partial charge in [-0.3, -0.25) is 4.72 Å². The highest BCUT2D eigenvalue weighted by Crippen LogP contribution is 2.19. The minimum absolute atomic E-state index is 0.116. The molecule has 0 spiro atoms. The Bertz CT molecular complexity index is 936. The molecule has 1 aliphatic heterocycles. The lowest BCUT2D eigenvalue weighted by Crippen LogP contribution is -2.22. The summed E-state index contributed by atoms with van der Waals surface area (Å²) in [5, 5.41) is 0. The van der Waals surface area contributed by atoms with Crippen molar-refractivity contribution < 1.29 is 27.5 Å². The van der Waals surface area contributed by atoms with Crippen LogP contribution in [0.1, 0.15) is 22.3 Å². The van der Waals surface area contributed by atoms with Gasteiger partial charge in [0.1, 0.15) is 0 Å². The molecule has 0 saturated carbocycles. The Morgan fingerprint density at radius 1 is 1.19 bits per heavy atom. The molecule has 0 aromatic heterocycles. The minimum atomic E-state index is -3.78. The predicted octanol–water partition coefficient (Wildman–Crippen LogP) is 2.27. The van der Waals surface area contributed by atoms with E-state index in [9.17, 15) is 18.0 Å². The standard InChI is InChI=1S/C18H17NO6S/c1-12-5-7-15(8-6-12)26(22,23)19-14-4-2-3-13(11-14)17(20)25-16-9-10-24-18(16)21/h2-8,11,16,19H,9-10H2,1H3/t16-/m1/s1. The number of carbonyl (C=O) groups excluding carboxylic acids is 2. The molecule has 3 rings (SSSR count). The van der Waals surface area contributed by atoms with Crippen LogP contribution in [0.5, 0.6) is 0 Å². The van der Waals surface area contributed by atoms with E-state index in [1.807, 2.05) is 6.92 Å². The van der Waals surface area contributed by atoms with Crippen LogP contribution in [-0.2, 0) is 24.3 Å². The van der Waals surface area contributed by atoms with Crippen molar-refractivity contribution in [2.45, 2.75) is 24.3 Å². The highest BCUT2D eigenvalue weighted by molar-refractivity contribution is 7.92. The van der Waals surface area contributed by atoms with Crippen LogP contribution < -0.4 is 4.72 Å². The smallest absolute Gasteiger partial charge is 0.347 e. The number of hydrogen-bond donors (Lipinski definition) is 1. The maximum atomic E-state index is 12.4. The molecule has 2 aromatic rings. The highest BCUT2D eigenvalue weighted by Gasteiger charge is 2.30. The molecule has 8 heteroatoms. The maximum absolute atomic E-state index is 12.4. The third-order valence-corrected chi connectivity index (χ3v) is 5.22. The second-order valence-electron chi connectivity index (χ2n) is 5.85. The molecule has 26 heavy (non-hydrogen) atoms. The predicted molar refractivity (Wildman–Crippen MR) is 93.2 cm³/mol. The van der Waals surface area contributed by atoms with Crippen molar-refractivity contribution in [3.05, 3.63) is 59.7 Å². The summed E-state index contributed by atoms with van der Waals surface area (Å²) in [5.74, 6) is -1.29. The Morgan fingerprint density at radius 3 is 2.58 bits per heavy atom. The van der Waals surface area contributed by atoms with Gasteiger partial charge in [-0.15, -0.1) is 0 Å². The van der Waals surface area contributed by atoms with Crippen molar-refractivity contribution in [2.75, 3.05) is 11.3 Å². The number of ether oxygens (including phenoxy) is 2. The molecular formula is C18H17NO6S. The largest absolute Gasteiger partial charge is 0.463 e. The van der Waals surface area contributed by atoms with Gasteiger partial charge < -0.3 is 9.47 Å². The molecule has 7 nitrogen and oxygen atoms in total. The van der Waals surface area contributed by atoms with Gasteiger partial charge in [0, 0.05) is 12.1 Å². The Balaban J connectivity index is 1.75. The number of rotatable bonds is 5. The van der Waals surface area contributed by atoms with E-state index in [1.54, 1.807) is 12.1 Å². The fourth-order valence-corrected chi connectivity index (χ4v) is 3.47. The lowest BCUT2D eigenvalue weighted by atomic mass is 10.2. The van der Waals surface area contributed by atoms with Gasteiger partial charge in [-0.2, -0.15) is 0 Å². The number of sulfonamides is 1. The SMILES string of the molecule is Cc1ccc(S(=O)(=O)Nc2cccc(C(=O)O[C@@H]3CCOC3=O)c2)cc1. The highest BCUT2D eigenvalue weighted by atomic mass is 32.2. The van der Waals surface area contributed by atoms with E-state index in [0.29, 0.717) is 6.42 Å². The third-order valence-electron chi connectivity index (χ3n) is 3.82. The van der Waals surface area contributed by atoms with Crippen molar-refractivity contribution in [1.82, 2.24) is 0 Å². The fraction of sp³-hybridized carbons (Fsp3) is 0.222. The Labute approximate surface area is 151 Å². The first-order valence-corrected chi connectivity index (χ1v) is 9.41. The molecule has 1 saturated heterocycles. The van der Waals surface area contributed by atoms with Crippen LogP contribution in [0.4, 0.5) is 5.69 Å². The van der Waals surface area contributed by atoms with Crippen LogP contribution in [-0.4, -0.2) is 33.1 Å². The molecule has 1 heterocycles. The zero-order chi connectivity index (χ0) is 18.7. The van der Waals surface area contributed by atoms with Crippen LogP contribution in [0.25, 0.3) is 0 Å². The molecule has 136 valence electrons. The molecule has 1 N–H and O–H groups in total. The molecular weight excluding hydrogens is 358 g/mol. The molecule has 0 aliphatic carbocycles. The molecule has 0 radical (unpaired) electrons. The Hall–Kier alpha value is -2.87. The average Bonchev–Trinajstić information content (AvgIpc) is 3.00. The quantitative estimate of drug-likeness (QED) is 0.805. The maximum Gasteiger partial charge on any atom is 0.347 e. The Kier molecular flexibility index (Phi) is 4.94. The summed E-state index contributed by atoms with van der Waals surface area (Å²) in [6, 6.07) is 12.3. The molecule has 1 aliphatic rings. The van der Waals surface area contributed by atoms with Crippen molar-refractivity contribution >= 4 is 27.6 Å². The molecule has 1 fully saturated rings. The first kappa shape index (κ1) is 17.9. The van der Waals surface area contributed by atoms with E-state index in [-0.39, 0.29) is 22.8 Å². The number of anilines is 1. The molecule has 0 amide bonds. The van der Waals surface area contributed by atoms with Crippen LogP contribution in [0.2, 0.25) is 0 Å². The van der Waals surface area contributed by atoms with E-state index >= 15 is 0 Å². The number of esters is 2. The zero-order valence-electron chi connectivity index (χ0n) is 14.0. The molecule has 0 bridgehead atoms. The van der Waals surface area contributed by atoms with Gasteiger partial charge in [0.15, 0.2) is 0 Å². The van der Waals surface area contributed by atoms with E-state index in [2.05, 4.69) is 4.72 Å². The van der Waals surface area contributed by atoms with Crippen LogP contribution >= 0.6 is 0 Å². The first-order valence-electron chi connectivity index (χ1n) is 7.92. The number of aryl methyl sites for hydroxylation is 1. The van der Waals surface area contributed by atoms with Crippen molar-refractivity contribution in [1.29, 1.82) is 0 Å². The van der Waals surface area contributed by atoms with E-state index in [4.69, 9.17) is 9.47 Å². The molecule has 2 aromatic carbocycles. The van der Waals surface area contributed by atoms with E-state index in [1.165, 1.54) is 36.4 Å². The lowest BCUT2D eigenvalue weighted by Gasteiger charge is -2.11. The van der Waals surface area contributed by atoms with Gasteiger partial charge in [-0.05, 0) is 37.3 Å². The Morgan fingerprint density at radius 2 is 1.92 bits per heavy atom.